The molecule has 0 spiro atoms. The number of hydrogen-bond acceptors (Lipinski definition) is 4. The van der Waals surface area contributed by atoms with E-state index in [-0.39, 0.29) is 5.91 Å². The number of nitrogens with one attached hydrogen (secondary N) is 2. The Kier molecular flexibility index (Phi) is 5.84. The molecule has 1 heterocycles. The first-order valence-corrected chi connectivity index (χ1v) is 7.69. The zero-order valence-corrected chi connectivity index (χ0v) is 13.9. The molecule has 0 saturated heterocycles. The molecule has 23 heavy (non-hydrogen) atoms. The summed E-state index contributed by atoms with van der Waals surface area (Å²) in [5, 5.41) is 6.45. The molecular weight excluding hydrogens is 335 g/mol. The molecule has 1 aromatic carbocycles. The Morgan fingerprint density at radius 3 is 2.83 bits per heavy atom. The van der Waals surface area contributed by atoms with Crippen LogP contribution in [0.15, 0.2) is 36.5 Å². The number of hydrogen-bond donors (Lipinski definition) is 3. The van der Waals surface area contributed by atoms with Crippen LogP contribution in [0.2, 0.25) is 10.0 Å². The molecule has 4 N–H and O–H groups in total. The van der Waals surface area contributed by atoms with Crippen LogP contribution in [0.1, 0.15) is 12.5 Å². The van der Waals surface area contributed by atoms with E-state index in [1.54, 1.807) is 18.3 Å². The number of rotatable bonds is 5. The van der Waals surface area contributed by atoms with Gasteiger partial charge in [0.2, 0.25) is 5.91 Å². The second kappa shape index (κ2) is 7.85. The Morgan fingerprint density at radius 2 is 2.09 bits per heavy atom. The lowest BCUT2D eigenvalue weighted by Gasteiger charge is -2.08. The van der Waals surface area contributed by atoms with Gasteiger partial charge in [0, 0.05) is 24.4 Å². The summed E-state index contributed by atoms with van der Waals surface area (Å²) < 4.78 is 0. The van der Waals surface area contributed by atoms with Crippen molar-refractivity contribution in [2.45, 2.75) is 6.92 Å². The van der Waals surface area contributed by atoms with E-state index in [0.29, 0.717) is 27.2 Å². The minimum Gasteiger partial charge on any atom is -0.397 e. The highest BCUT2D eigenvalue weighted by molar-refractivity contribution is 6.42. The van der Waals surface area contributed by atoms with Crippen molar-refractivity contribution in [1.29, 1.82) is 0 Å². The Bertz CT molecular complexity index is 747. The van der Waals surface area contributed by atoms with E-state index in [9.17, 15) is 4.79 Å². The lowest BCUT2D eigenvalue weighted by Crippen LogP contribution is -2.10. The molecule has 1 aromatic heterocycles. The number of anilines is 3. The fourth-order valence-electron chi connectivity index (χ4n) is 1.88. The molecular formula is C16H16Cl2N4O. The van der Waals surface area contributed by atoms with Crippen LogP contribution in [0.3, 0.4) is 0 Å². The smallest absolute Gasteiger partial charge is 0.248 e. The van der Waals surface area contributed by atoms with Crippen molar-refractivity contribution in [3.63, 3.8) is 0 Å². The summed E-state index contributed by atoms with van der Waals surface area (Å²) in [5.41, 5.74) is 7.37. The predicted octanol–water partition coefficient (Wildman–Crippen LogP) is 4.05. The van der Waals surface area contributed by atoms with Gasteiger partial charge in [0.05, 0.1) is 21.4 Å². The number of nitrogen functional groups attached to an aromatic ring is 1. The number of halogens is 2. The lowest BCUT2D eigenvalue weighted by atomic mass is 10.2. The van der Waals surface area contributed by atoms with Crippen molar-refractivity contribution in [2.75, 3.05) is 22.9 Å². The quantitative estimate of drug-likeness (QED) is 0.561. The number of pyridine rings is 1. The number of carbonyl (C=O) groups excluding carboxylic acids is 1. The highest BCUT2D eigenvalue weighted by Gasteiger charge is 2.07. The van der Waals surface area contributed by atoms with Crippen LogP contribution < -0.4 is 16.4 Å². The molecule has 120 valence electrons. The minimum atomic E-state index is -0.332. The molecule has 0 aliphatic carbocycles. The Hall–Kier alpha value is -2.24. The highest BCUT2D eigenvalue weighted by Crippen LogP contribution is 2.30. The summed E-state index contributed by atoms with van der Waals surface area (Å²) in [6.07, 6.45) is 4.76. The molecule has 0 aliphatic rings. The molecule has 0 aliphatic heterocycles. The Balaban J connectivity index is 2.12. The van der Waals surface area contributed by atoms with E-state index < -0.39 is 0 Å². The monoisotopic (exact) mass is 350 g/mol. The van der Waals surface area contributed by atoms with Crippen molar-refractivity contribution in [3.8, 4) is 0 Å². The highest BCUT2D eigenvalue weighted by atomic mass is 35.5. The third-order valence-corrected chi connectivity index (χ3v) is 3.67. The molecule has 0 bridgehead atoms. The molecule has 2 rings (SSSR count). The largest absolute Gasteiger partial charge is 0.397 e. The molecule has 5 nitrogen and oxygen atoms in total. The SMILES string of the molecule is CCNc1ncccc1/C=C/C(=O)Nc1cc(Cl)c(Cl)cc1N. The third-order valence-electron chi connectivity index (χ3n) is 2.95. The zero-order valence-electron chi connectivity index (χ0n) is 12.4. The normalized spacial score (nSPS) is 10.7. The van der Waals surface area contributed by atoms with Gasteiger partial charge in [-0.25, -0.2) is 4.98 Å². The Morgan fingerprint density at radius 1 is 1.35 bits per heavy atom. The van der Waals surface area contributed by atoms with Crippen molar-refractivity contribution in [3.05, 3.63) is 52.1 Å². The number of benzene rings is 1. The summed E-state index contributed by atoms with van der Waals surface area (Å²) in [5.74, 6) is 0.384. The maximum absolute atomic E-state index is 12.0. The fourth-order valence-corrected chi connectivity index (χ4v) is 2.21. The van der Waals surface area contributed by atoms with Crippen molar-refractivity contribution in [1.82, 2.24) is 4.98 Å². The Labute approximate surface area is 144 Å². The first-order valence-electron chi connectivity index (χ1n) is 6.93. The molecule has 0 fully saturated rings. The minimum absolute atomic E-state index is 0.321. The second-order valence-corrected chi connectivity index (χ2v) is 5.46. The lowest BCUT2D eigenvalue weighted by molar-refractivity contribution is -0.111. The van der Waals surface area contributed by atoms with E-state index in [2.05, 4.69) is 15.6 Å². The fraction of sp³-hybridized carbons (Fsp3) is 0.125. The first-order chi connectivity index (χ1) is 11.0. The van der Waals surface area contributed by atoms with Gasteiger partial charge in [-0.15, -0.1) is 0 Å². The van der Waals surface area contributed by atoms with Crippen LogP contribution >= 0.6 is 23.2 Å². The molecule has 7 heteroatoms. The van der Waals surface area contributed by atoms with E-state index in [1.807, 2.05) is 13.0 Å². The second-order valence-electron chi connectivity index (χ2n) is 4.65. The number of nitrogens with zero attached hydrogens (tertiary/aromatic N) is 1. The predicted molar refractivity (Wildman–Crippen MR) is 96.9 cm³/mol. The van der Waals surface area contributed by atoms with Crippen molar-refractivity contribution >= 4 is 52.4 Å². The van der Waals surface area contributed by atoms with Crippen LogP contribution in [0.5, 0.6) is 0 Å². The summed E-state index contributed by atoms with van der Waals surface area (Å²) in [6.45, 7) is 2.71. The third kappa shape index (κ3) is 4.61. The molecule has 2 aromatic rings. The summed E-state index contributed by atoms with van der Waals surface area (Å²) in [6, 6.07) is 6.67. The number of aromatic nitrogens is 1. The maximum atomic E-state index is 12.0. The van der Waals surface area contributed by atoms with Gasteiger partial charge in [0.1, 0.15) is 5.82 Å². The van der Waals surface area contributed by atoms with Crippen LogP contribution in [0.25, 0.3) is 6.08 Å². The van der Waals surface area contributed by atoms with Gasteiger partial charge >= 0.3 is 0 Å². The van der Waals surface area contributed by atoms with Gasteiger partial charge in [-0.1, -0.05) is 23.2 Å². The number of carbonyl (C=O) groups is 1. The molecule has 0 unspecified atom stereocenters. The van der Waals surface area contributed by atoms with Crippen LogP contribution in [-0.4, -0.2) is 17.4 Å². The topological polar surface area (TPSA) is 80.0 Å². The van der Waals surface area contributed by atoms with Gasteiger partial charge in [-0.2, -0.15) is 0 Å². The van der Waals surface area contributed by atoms with E-state index in [4.69, 9.17) is 28.9 Å². The van der Waals surface area contributed by atoms with E-state index in [0.717, 1.165) is 12.1 Å². The van der Waals surface area contributed by atoms with Crippen LogP contribution in [0.4, 0.5) is 17.2 Å². The van der Waals surface area contributed by atoms with Gasteiger partial charge in [-0.3, -0.25) is 4.79 Å². The van der Waals surface area contributed by atoms with Gasteiger partial charge in [0.25, 0.3) is 0 Å². The standard InChI is InChI=1S/C16H16Cl2N4O/c1-2-20-16-10(4-3-7-21-16)5-6-15(23)22-14-9-12(18)11(17)8-13(14)19/h3-9H,2,19H2,1H3,(H,20,21)(H,22,23)/b6-5+. The molecule has 0 atom stereocenters. The van der Waals surface area contributed by atoms with Crippen molar-refractivity contribution in [2.24, 2.45) is 0 Å². The van der Waals surface area contributed by atoms with Gasteiger partial charge < -0.3 is 16.4 Å². The maximum Gasteiger partial charge on any atom is 0.248 e. The number of nitrogens with two attached hydrogens (primary N) is 1. The summed E-state index contributed by atoms with van der Waals surface area (Å²) >= 11 is 11.8. The zero-order chi connectivity index (χ0) is 16.8. The van der Waals surface area contributed by atoms with Crippen LogP contribution in [0, 0.1) is 0 Å². The first kappa shape index (κ1) is 17.1. The van der Waals surface area contributed by atoms with Crippen molar-refractivity contribution < 1.29 is 4.79 Å². The summed E-state index contributed by atoms with van der Waals surface area (Å²) in [7, 11) is 0. The summed E-state index contributed by atoms with van der Waals surface area (Å²) in [4.78, 5) is 16.3. The number of amides is 1. The van der Waals surface area contributed by atoms with E-state index >= 15 is 0 Å². The van der Waals surface area contributed by atoms with Gasteiger partial charge in [-0.05, 0) is 37.3 Å². The average molecular weight is 351 g/mol. The molecule has 1 amide bonds. The van der Waals surface area contributed by atoms with Crippen LogP contribution in [-0.2, 0) is 4.79 Å². The molecule has 0 radical (unpaired) electrons. The van der Waals surface area contributed by atoms with E-state index in [1.165, 1.54) is 18.2 Å². The van der Waals surface area contributed by atoms with Gasteiger partial charge in [0.15, 0.2) is 0 Å². The molecule has 0 saturated carbocycles. The average Bonchev–Trinajstić information content (AvgIpc) is 2.52.